The van der Waals surface area contributed by atoms with Gasteiger partial charge in [0.2, 0.25) is 0 Å². The van der Waals surface area contributed by atoms with Crippen molar-refractivity contribution in [3.05, 3.63) is 99.2 Å². The first-order valence-corrected chi connectivity index (χ1v) is 10.8. The molecule has 33 heavy (non-hydrogen) atoms. The van der Waals surface area contributed by atoms with E-state index in [1.165, 1.54) is 49.6 Å². The second kappa shape index (κ2) is 8.31. The van der Waals surface area contributed by atoms with E-state index in [-0.39, 0.29) is 22.0 Å². The Morgan fingerprint density at radius 1 is 1.06 bits per heavy atom. The number of fused-ring (bicyclic) bond motifs is 1. The fourth-order valence-electron chi connectivity index (χ4n) is 3.03. The predicted octanol–water partition coefficient (Wildman–Crippen LogP) is 3.36. The lowest BCUT2D eigenvalue weighted by atomic mass is 10.3. The van der Waals surface area contributed by atoms with Crippen LogP contribution in [0.25, 0.3) is 5.65 Å². The first-order valence-electron chi connectivity index (χ1n) is 9.36. The minimum atomic E-state index is -3.95. The van der Waals surface area contributed by atoms with Gasteiger partial charge in [0.1, 0.15) is 17.2 Å². The third kappa shape index (κ3) is 4.11. The van der Waals surface area contributed by atoms with Gasteiger partial charge in [-0.15, -0.1) is 0 Å². The molecule has 10 nitrogen and oxygen atoms in total. The zero-order valence-corrected chi connectivity index (χ0v) is 17.8. The summed E-state index contributed by atoms with van der Waals surface area (Å²) in [5.41, 5.74) is -1.32. The van der Waals surface area contributed by atoms with E-state index in [0.717, 1.165) is 33.0 Å². The second-order valence-corrected chi connectivity index (χ2v) is 8.75. The molecule has 0 aliphatic rings. The van der Waals surface area contributed by atoms with Crippen LogP contribution < -0.4 is 14.6 Å². The molecule has 0 saturated carbocycles. The summed E-state index contributed by atoms with van der Waals surface area (Å²) in [6.07, 6.45) is 1.35. The van der Waals surface area contributed by atoms with Crippen molar-refractivity contribution in [2.45, 2.75) is 4.90 Å². The molecule has 0 N–H and O–H groups in total. The van der Waals surface area contributed by atoms with Crippen LogP contribution in [-0.4, -0.2) is 29.8 Å². The largest absolute Gasteiger partial charge is 0.433 e. The SMILES string of the molecule is CN(c1ccc(Oc2nc3ccccn3c(=O)c2[N+](=O)[O-])cc1)S(=O)(=O)c1ccc(F)cc1. The Morgan fingerprint density at radius 3 is 2.36 bits per heavy atom. The van der Waals surface area contributed by atoms with Crippen LogP contribution >= 0.6 is 0 Å². The molecule has 0 aliphatic heterocycles. The Kier molecular flexibility index (Phi) is 5.52. The summed E-state index contributed by atoms with van der Waals surface area (Å²) < 4.78 is 46.2. The summed E-state index contributed by atoms with van der Waals surface area (Å²) >= 11 is 0. The van der Waals surface area contributed by atoms with Gasteiger partial charge in [-0.1, -0.05) is 6.07 Å². The minimum absolute atomic E-state index is 0.0943. The van der Waals surface area contributed by atoms with Crippen molar-refractivity contribution in [1.82, 2.24) is 9.38 Å². The molecule has 12 heteroatoms. The fourth-order valence-corrected chi connectivity index (χ4v) is 4.22. The van der Waals surface area contributed by atoms with E-state index in [2.05, 4.69) is 4.98 Å². The van der Waals surface area contributed by atoms with Gasteiger partial charge in [-0.05, 0) is 60.7 Å². The van der Waals surface area contributed by atoms with Gasteiger partial charge in [0.05, 0.1) is 15.5 Å². The maximum absolute atomic E-state index is 13.1. The van der Waals surface area contributed by atoms with Crippen LogP contribution in [0, 0.1) is 15.9 Å². The van der Waals surface area contributed by atoms with Crippen LogP contribution in [0.1, 0.15) is 0 Å². The molecule has 0 unspecified atom stereocenters. The van der Waals surface area contributed by atoms with Crippen molar-refractivity contribution < 1.29 is 22.5 Å². The maximum atomic E-state index is 13.1. The number of sulfonamides is 1. The van der Waals surface area contributed by atoms with E-state index in [0.29, 0.717) is 0 Å². The topological polar surface area (TPSA) is 124 Å². The quantitative estimate of drug-likeness (QED) is 0.313. The number of nitro groups is 1. The van der Waals surface area contributed by atoms with Gasteiger partial charge in [0.15, 0.2) is 0 Å². The Balaban J connectivity index is 1.65. The molecule has 2 heterocycles. The molecule has 168 valence electrons. The van der Waals surface area contributed by atoms with E-state index in [1.54, 1.807) is 6.07 Å². The molecule has 0 aliphatic carbocycles. The van der Waals surface area contributed by atoms with Crippen LogP contribution in [0.4, 0.5) is 15.8 Å². The highest BCUT2D eigenvalue weighted by Crippen LogP contribution is 2.29. The number of anilines is 1. The van der Waals surface area contributed by atoms with Gasteiger partial charge in [0.25, 0.3) is 10.0 Å². The molecule has 0 atom stereocenters. The molecule has 2 aromatic heterocycles. The molecule has 2 aromatic carbocycles. The smallest absolute Gasteiger partial charge is 0.396 e. The Morgan fingerprint density at radius 2 is 1.73 bits per heavy atom. The first kappa shape index (κ1) is 21.9. The van der Waals surface area contributed by atoms with Gasteiger partial charge in [-0.25, -0.2) is 12.8 Å². The third-order valence-corrected chi connectivity index (χ3v) is 6.55. The summed E-state index contributed by atoms with van der Waals surface area (Å²) in [6, 6.07) is 14.6. The van der Waals surface area contributed by atoms with E-state index in [4.69, 9.17) is 4.74 Å². The molecule has 0 radical (unpaired) electrons. The van der Waals surface area contributed by atoms with Crippen molar-refractivity contribution in [2.24, 2.45) is 0 Å². The van der Waals surface area contributed by atoms with Crippen molar-refractivity contribution in [2.75, 3.05) is 11.4 Å². The highest BCUT2D eigenvalue weighted by Gasteiger charge is 2.26. The van der Waals surface area contributed by atoms with Gasteiger partial charge >= 0.3 is 17.1 Å². The fraction of sp³-hybridized carbons (Fsp3) is 0.0476. The Labute approximate surface area is 186 Å². The predicted molar refractivity (Wildman–Crippen MR) is 117 cm³/mol. The summed E-state index contributed by atoms with van der Waals surface area (Å²) in [4.78, 5) is 27.0. The number of halogens is 1. The number of nitrogens with zero attached hydrogens (tertiary/aromatic N) is 4. The molecule has 4 aromatic rings. The Bertz CT molecular complexity index is 1520. The number of hydrogen-bond acceptors (Lipinski definition) is 7. The van der Waals surface area contributed by atoms with Crippen LogP contribution in [0.2, 0.25) is 0 Å². The van der Waals surface area contributed by atoms with E-state index >= 15 is 0 Å². The van der Waals surface area contributed by atoms with Crippen LogP contribution in [-0.2, 0) is 10.0 Å². The summed E-state index contributed by atoms with van der Waals surface area (Å²) in [6.45, 7) is 0. The van der Waals surface area contributed by atoms with Gasteiger partial charge in [-0.2, -0.15) is 4.98 Å². The van der Waals surface area contributed by atoms with Crippen molar-refractivity contribution in [1.29, 1.82) is 0 Å². The lowest BCUT2D eigenvalue weighted by Crippen LogP contribution is -2.26. The van der Waals surface area contributed by atoms with Gasteiger partial charge in [-0.3, -0.25) is 23.6 Å². The second-order valence-electron chi connectivity index (χ2n) is 6.78. The van der Waals surface area contributed by atoms with E-state index < -0.39 is 37.9 Å². The average Bonchev–Trinajstić information content (AvgIpc) is 2.79. The molecular weight excluding hydrogens is 455 g/mol. The molecule has 0 saturated heterocycles. The number of hydrogen-bond donors (Lipinski definition) is 0. The zero-order chi connectivity index (χ0) is 23.8. The highest BCUT2D eigenvalue weighted by molar-refractivity contribution is 7.92. The molecule has 0 fully saturated rings. The normalized spacial score (nSPS) is 11.3. The zero-order valence-electron chi connectivity index (χ0n) is 17.0. The van der Waals surface area contributed by atoms with Gasteiger partial charge in [0, 0.05) is 13.2 Å². The number of pyridine rings is 1. The van der Waals surface area contributed by atoms with Crippen molar-refractivity contribution >= 4 is 27.0 Å². The van der Waals surface area contributed by atoms with Crippen LogP contribution in [0.15, 0.2) is 82.6 Å². The molecule has 0 bridgehead atoms. The Hall–Kier alpha value is -4.32. The summed E-state index contributed by atoms with van der Waals surface area (Å²) in [5, 5.41) is 11.5. The summed E-state index contributed by atoms with van der Waals surface area (Å²) in [7, 11) is -2.62. The number of rotatable bonds is 6. The highest BCUT2D eigenvalue weighted by atomic mass is 32.2. The standard InChI is InChI=1S/C21H15FN4O6S/c1-24(33(30,31)17-11-5-14(22)6-12-17)15-7-9-16(10-8-15)32-20-19(26(28)29)21(27)25-13-3-2-4-18(25)23-20/h2-13H,1H3. The minimum Gasteiger partial charge on any atom is -0.433 e. The number of benzene rings is 2. The lowest BCUT2D eigenvalue weighted by Gasteiger charge is -2.19. The summed E-state index contributed by atoms with van der Waals surface area (Å²) in [5.74, 6) is -0.952. The van der Waals surface area contributed by atoms with Crippen molar-refractivity contribution in [3.8, 4) is 11.6 Å². The van der Waals surface area contributed by atoms with Gasteiger partial charge < -0.3 is 4.74 Å². The molecule has 0 amide bonds. The van der Waals surface area contributed by atoms with E-state index in [1.807, 2.05) is 0 Å². The average molecular weight is 470 g/mol. The van der Waals surface area contributed by atoms with Crippen LogP contribution in [0.3, 0.4) is 0 Å². The van der Waals surface area contributed by atoms with E-state index in [9.17, 15) is 27.7 Å². The first-order chi connectivity index (χ1) is 15.7. The maximum Gasteiger partial charge on any atom is 0.396 e. The molecule has 4 rings (SSSR count). The molecular formula is C21H15FN4O6S. The molecule has 0 spiro atoms. The third-order valence-electron chi connectivity index (χ3n) is 4.75. The lowest BCUT2D eigenvalue weighted by molar-refractivity contribution is -0.387. The van der Waals surface area contributed by atoms with Crippen LogP contribution in [0.5, 0.6) is 11.6 Å². The monoisotopic (exact) mass is 470 g/mol. The van der Waals surface area contributed by atoms with Crippen molar-refractivity contribution in [3.63, 3.8) is 0 Å². The number of ether oxygens (including phenoxy) is 1. The number of aromatic nitrogens is 2.